The molecule has 0 aliphatic heterocycles. The molecule has 19 heavy (non-hydrogen) atoms. The molecular weight excluding hydrogens is 244 g/mol. The number of hydrogen-bond donors (Lipinski definition) is 1. The van der Waals surface area contributed by atoms with E-state index in [1.165, 1.54) is 6.07 Å². The Kier molecular flexibility index (Phi) is 2.60. The Labute approximate surface area is 108 Å². The lowest BCUT2D eigenvalue weighted by atomic mass is 10.1. The second-order valence-corrected chi connectivity index (χ2v) is 3.99. The number of anilines is 1. The summed E-state index contributed by atoms with van der Waals surface area (Å²) in [6.45, 7) is 0. The number of nitrogens with one attached hydrogen (secondary N) is 1. The van der Waals surface area contributed by atoms with Crippen molar-refractivity contribution in [2.45, 2.75) is 0 Å². The van der Waals surface area contributed by atoms with Crippen LogP contribution >= 0.6 is 0 Å². The Morgan fingerprint density at radius 3 is 2.68 bits per heavy atom. The maximum atomic E-state index is 11.0. The third-order valence-corrected chi connectivity index (χ3v) is 2.80. The minimum absolute atomic E-state index is 0.0566. The molecule has 0 spiro atoms. The molecule has 0 radical (unpaired) electrons. The molecule has 0 atom stereocenters. The van der Waals surface area contributed by atoms with Gasteiger partial charge in [-0.15, -0.1) is 0 Å². The summed E-state index contributed by atoms with van der Waals surface area (Å²) >= 11 is 0. The summed E-state index contributed by atoms with van der Waals surface area (Å²) in [6.07, 6.45) is 5.30. The molecule has 2 aromatic heterocycles. The van der Waals surface area contributed by atoms with Gasteiger partial charge in [-0.2, -0.15) is 0 Å². The van der Waals surface area contributed by atoms with Crippen molar-refractivity contribution in [3.63, 3.8) is 0 Å². The highest BCUT2D eigenvalue weighted by molar-refractivity contribution is 5.96. The van der Waals surface area contributed by atoms with Crippen molar-refractivity contribution in [2.24, 2.45) is 0 Å². The van der Waals surface area contributed by atoms with Crippen LogP contribution in [0.5, 0.6) is 0 Å². The van der Waals surface area contributed by atoms with Crippen LogP contribution in [0.4, 0.5) is 11.4 Å². The maximum Gasteiger partial charge on any atom is 0.278 e. The first-order chi connectivity index (χ1) is 9.25. The van der Waals surface area contributed by atoms with Crippen molar-refractivity contribution < 1.29 is 4.92 Å². The first kappa shape index (κ1) is 11.2. The van der Waals surface area contributed by atoms with Crippen molar-refractivity contribution in [2.75, 3.05) is 5.43 Å². The van der Waals surface area contributed by atoms with Gasteiger partial charge in [0.1, 0.15) is 5.52 Å². The lowest BCUT2D eigenvalue weighted by Crippen LogP contribution is -2.06. The maximum absolute atomic E-state index is 11.0. The number of nitro benzene ring substituents is 1. The van der Waals surface area contributed by atoms with E-state index in [1.807, 2.05) is 24.5 Å². The van der Waals surface area contributed by atoms with Crippen LogP contribution in [0.1, 0.15) is 0 Å². The molecule has 2 heterocycles. The zero-order valence-electron chi connectivity index (χ0n) is 9.85. The van der Waals surface area contributed by atoms with E-state index < -0.39 is 4.92 Å². The lowest BCUT2D eigenvalue weighted by molar-refractivity contribution is -0.383. The number of rotatable bonds is 3. The monoisotopic (exact) mass is 254 g/mol. The van der Waals surface area contributed by atoms with E-state index >= 15 is 0 Å². The van der Waals surface area contributed by atoms with Crippen LogP contribution in [0.3, 0.4) is 0 Å². The van der Waals surface area contributed by atoms with Crippen molar-refractivity contribution >= 4 is 22.3 Å². The summed E-state index contributed by atoms with van der Waals surface area (Å²) in [6, 6.07) is 10.3. The first-order valence-electron chi connectivity index (χ1n) is 5.68. The zero-order valence-corrected chi connectivity index (χ0v) is 9.85. The molecule has 6 heteroatoms. The van der Waals surface area contributed by atoms with E-state index in [2.05, 4.69) is 10.4 Å². The predicted molar refractivity (Wildman–Crippen MR) is 71.9 cm³/mol. The zero-order chi connectivity index (χ0) is 13.2. The van der Waals surface area contributed by atoms with Crippen LogP contribution in [0.2, 0.25) is 0 Å². The highest BCUT2D eigenvalue weighted by Crippen LogP contribution is 2.29. The van der Waals surface area contributed by atoms with Gasteiger partial charge < -0.3 is 0 Å². The minimum Gasteiger partial charge on any atom is -0.293 e. The highest BCUT2D eigenvalue weighted by atomic mass is 16.6. The molecule has 3 rings (SSSR count). The summed E-state index contributed by atoms with van der Waals surface area (Å²) in [5.41, 5.74) is 4.48. The minimum atomic E-state index is -0.399. The van der Waals surface area contributed by atoms with Gasteiger partial charge in [-0.1, -0.05) is 0 Å². The molecule has 0 fully saturated rings. The van der Waals surface area contributed by atoms with Gasteiger partial charge in [0, 0.05) is 24.7 Å². The average Bonchev–Trinajstić information content (AvgIpc) is 2.91. The van der Waals surface area contributed by atoms with Crippen LogP contribution in [0.25, 0.3) is 10.9 Å². The van der Waals surface area contributed by atoms with Gasteiger partial charge in [0.25, 0.3) is 5.69 Å². The number of non-ortho nitro benzene ring substituents is 1. The van der Waals surface area contributed by atoms with Gasteiger partial charge in [-0.25, -0.2) is 0 Å². The van der Waals surface area contributed by atoms with E-state index in [-0.39, 0.29) is 5.69 Å². The average molecular weight is 254 g/mol. The molecule has 0 saturated heterocycles. The van der Waals surface area contributed by atoms with Crippen molar-refractivity contribution in [1.82, 2.24) is 9.66 Å². The fraction of sp³-hybridized carbons (Fsp3) is 0. The van der Waals surface area contributed by atoms with Gasteiger partial charge in [0.2, 0.25) is 0 Å². The largest absolute Gasteiger partial charge is 0.293 e. The Hall–Kier alpha value is -2.89. The second-order valence-electron chi connectivity index (χ2n) is 3.99. The summed E-state index contributed by atoms with van der Waals surface area (Å²) in [4.78, 5) is 14.8. The van der Waals surface area contributed by atoms with Crippen LogP contribution in [0.15, 0.2) is 55.0 Å². The number of hydrogen-bond acceptors (Lipinski definition) is 4. The summed E-state index contributed by atoms with van der Waals surface area (Å²) in [5.74, 6) is 0. The number of nitro groups is 1. The summed E-state index contributed by atoms with van der Waals surface area (Å²) < 4.78 is 1.76. The smallest absolute Gasteiger partial charge is 0.278 e. The molecule has 0 saturated carbocycles. The second kappa shape index (κ2) is 4.41. The van der Waals surface area contributed by atoms with Crippen LogP contribution in [0, 0.1) is 10.1 Å². The van der Waals surface area contributed by atoms with Crippen LogP contribution in [-0.4, -0.2) is 14.6 Å². The van der Waals surface area contributed by atoms with E-state index in [9.17, 15) is 10.1 Å². The third-order valence-electron chi connectivity index (χ3n) is 2.80. The normalized spacial score (nSPS) is 10.5. The van der Waals surface area contributed by atoms with Gasteiger partial charge in [0.15, 0.2) is 0 Å². The Balaban J connectivity index is 2.16. The molecule has 0 aliphatic carbocycles. The summed E-state index contributed by atoms with van der Waals surface area (Å²) in [7, 11) is 0. The van der Waals surface area contributed by atoms with Crippen molar-refractivity contribution in [1.29, 1.82) is 0 Å². The molecule has 6 nitrogen and oxygen atoms in total. The third kappa shape index (κ3) is 1.99. The van der Waals surface area contributed by atoms with E-state index in [0.29, 0.717) is 10.9 Å². The van der Waals surface area contributed by atoms with Crippen LogP contribution < -0.4 is 5.43 Å². The Morgan fingerprint density at radius 1 is 1.16 bits per heavy atom. The fourth-order valence-corrected chi connectivity index (χ4v) is 1.96. The number of aromatic nitrogens is 2. The van der Waals surface area contributed by atoms with Crippen molar-refractivity contribution in [3.05, 3.63) is 65.1 Å². The molecule has 0 unspecified atom stereocenters. The van der Waals surface area contributed by atoms with Gasteiger partial charge in [-0.3, -0.25) is 25.2 Å². The number of nitrogens with zero attached hydrogens (tertiary/aromatic N) is 3. The van der Waals surface area contributed by atoms with Crippen LogP contribution in [-0.2, 0) is 0 Å². The van der Waals surface area contributed by atoms with Gasteiger partial charge >= 0.3 is 0 Å². The number of fused-ring (bicyclic) bond motifs is 1. The Bertz CT molecular complexity index is 737. The predicted octanol–water partition coefficient (Wildman–Crippen LogP) is 2.82. The summed E-state index contributed by atoms with van der Waals surface area (Å²) in [5, 5.41) is 11.5. The molecule has 94 valence electrons. The molecule has 0 amide bonds. The SMILES string of the molecule is O=[N+]([O-])c1ccc(Nn2cccc2)c2ncccc12. The molecule has 1 aromatic carbocycles. The fourth-order valence-electron chi connectivity index (χ4n) is 1.96. The number of pyridine rings is 1. The molecule has 1 N–H and O–H groups in total. The molecular formula is C13H10N4O2. The topological polar surface area (TPSA) is 73.0 Å². The first-order valence-corrected chi connectivity index (χ1v) is 5.68. The van der Waals surface area contributed by atoms with Crippen molar-refractivity contribution in [3.8, 4) is 0 Å². The van der Waals surface area contributed by atoms with E-state index in [4.69, 9.17) is 0 Å². The molecule has 0 bridgehead atoms. The highest BCUT2D eigenvalue weighted by Gasteiger charge is 2.14. The number of benzene rings is 1. The lowest BCUT2D eigenvalue weighted by Gasteiger charge is -2.10. The standard InChI is InChI=1S/C13H10N4O2/c18-17(19)12-6-5-11(15-16-8-1-2-9-16)13-10(12)4-3-7-14-13/h1-9,15H. The molecule has 0 aliphatic rings. The van der Waals surface area contributed by atoms with Gasteiger partial charge in [0.05, 0.1) is 16.0 Å². The molecule has 3 aromatic rings. The van der Waals surface area contributed by atoms with E-state index in [1.54, 1.807) is 29.1 Å². The van der Waals surface area contributed by atoms with E-state index in [0.717, 1.165) is 5.69 Å². The Morgan fingerprint density at radius 2 is 1.95 bits per heavy atom. The quantitative estimate of drug-likeness (QED) is 0.576. The van der Waals surface area contributed by atoms with Gasteiger partial charge in [-0.05, 0) is 30.3 Å².